The number of hydrogen-bond donors (Lipinski definition) is 1. The number of carbonyl (C=O) groups excluding carboxylic acids is 1. The van der Waals surface area contributed by atoms with Gasteiger partial charge in [0.2, 0.25) is 0 Å². The first-order chi connectivity index (χ1) is 10.8. The first-order valence-corrected chi connectivity index (χ1v) is 7.91. The molecule has 114 valence electrons. The Bertz CT molecular complexity index is 619. The lowest BCUT2D eigenvalue weighted by molar-refractivity contribution is 0.102. The van der Waals surface area contributed by atoms with E-state index in [1.807, 2.05) is 42.5 Å². The van der Waals surface area contributed by atoms with Gasteiger partial charge in [-0.2, -0.15) is 0 Å². The molecule has 0 unspecified atom stereocenters. The highest BCUT2D eigenvalue weighted by Gasteiger charge is 2.18. The molecule has 0 bridgehead atoms. The molecule has 22 heavy (non-hydrogen) atoms. The Balaban J connectivity index is 1.82. The molecule has 3 rings (SSSR count). The van der Waals surface area contributed by atoms with Gasteiger partial charge < -0.3 is 10.2 Å². The van der Waals surface area contributed by atoms with Gasteiger partial charge in [0.1, 0.15) is 5.82 Å². The van der Waals surface area contributed by atoms with E-state index in [1.54, 1.807) is 6.20 Å². The molecule has 1 aliphatic heterocycles. The summed E-state index contributed by atoms with van der Waals surface area (Å²) in [5.74, 6) is 0.705. The molecule has 2 heterocycles. The van der Waals surface area contributed by atoms with E-state index in [0.29, 0.717) is 5.56 Å². The summed E-state index contributed by atoms with van der Waals surface area (Å²) in [4.78, 5) is 19.3. The van der Waals surface area contributed by atoms with Crippen LogP contribution in [-0.4, -0.2) is 24.0 Å². The molecule has 0 aliphatic carbocycles. The second-order valence-electron chi connectivity index (χ2n) is 5.60. The Hall–Kier alpha value is -2.36. The number of amides is 1. The number of hydrogen-bond acceptors (Lipinski definition) is 3. The van der Waals surface area contributed by atoms with Crippen molar-refractivity contribution in [1.82, 2.24) is 4.98 Å². The Labute approximate surface area is 131 Å². The molecule has 1 aliphatic rings. The predicted molar refractivity (Wildman–Crippen MR) is 89.3 cm³/mol. The van der Waals surface area contributed by atoms with Crippen LogP contribution in [0.1, 0.15) is 36.0 Å². The van der Waals surface area contributed by atoms with Crippen molar-refractivity contribution in [2.75, 3.05) is 23.3 Å². The van der Waals surface area contributed by atoms with Crippen molar-refractivity contribution in [1.29, 1.82) is 0 Å². The highest BCUT2D eigenvalue weighted by atomic mass is 16.1. The number of anilines is 2. The standard InChI is InChI=1S/C18H21N3O/c22-18(20-15-9-4-3-5-10-15)16-11-8-12-19-17(16)21-13-6-1-2-7-14-21/h3-5,8-12H,1-2,6-7,13-14H2,(H,20,22). The average molecular weight is 295 g/mol. The lowest BCUT2D eigenvalue weighted by atomic mass is 10.2. The number of para-hydroxylation sites is 1. The van der Waals surface area contributed by atoms with E-state index in [4.69, 9.17) is 0 Å². The SMILES string of the molecule is O=C(Nc1ccccc1)c1cccnc1N1CCCCCC1. The van der Waals surface area contributed by atoms with Crippen molar-refractivity contribution >= 4 is 17.4 Å². The number of benzene rings is 1. The number of nitrogens with one attached hydrogen (secondary N) is 1. The van der Waals surface area contributed by atoms with Crippen LogP contribution in [0.25, 0.3) is 0 Å². The van der Waals surface area contributed by atoms with Gasteiger partial charge in [-0.3, -0.25) is 4.79 Å². The van der Waals surface area contributed by atoms with Crippen molar-refractivity contribution < 1.29 is 4.79 Å². The van der Waals surface area contributed by atoms with E-state index in [0.717, 1.165) is 37.4 Å². The van der Waals surface area contributed by atoms with Crippen LogP contribution in [0.5, 0.6) is 0 Å². The quantitative estimate of drug-likeness (QED) is 0.938. The van der Waals surface area contributed by atoms with Gasteiger partial charge in [-0.05, 0) is 37.1 Å². The van der Waals surface area contributed by atoms with E-state index in [9.17, 15) is 4.79 Å². The molecule has 1 N–H and O–H groups in total. The smallest absolute Gasteiger partial charge is 0.259 e. The fourth-order valence-corrected chi connectivity index (χ4v) is 2.83. The fourth-order valence-electron chi connectivity index (χ4n) is 2.83. The Morgan fingerprint density at radius 2 is 1.68 bits per heavy atom. The first kappa shape index (κ1) is 14.6. The summed E-state index contributed by atoms with van der Waals surface area (Å²) in [6, 6.07) is 13.2. The van der Waals surface area contributed by atoms with Crippen LogP contribution in [0, 0.1) is 0 Å². The molecule has 0 saturated carbocycles. The van der Waals surface area contributed by atoms with Gasteiger partial charge in [0.15, 0.2) is 0 Å². The minimum Gasteiger partial charge on any atom is -0.356 e. The van der Waals surface area contributed by atoms with Crippen molar-refractivity contribution in [2.24, 2.45) is 0 Å². The maximum Gasteiger partial charge on any atom is 0.259 e. The van der Waals surface area contributed by atoms with Gasteiger partial charge in [-0.1, -0.05) is 31.0 Å². The maximum atomic E-state index is 12.6. The van der Waals surface area contributed by atoms with E-state index < -0.39 is 0 Å². The van der Waals surface area contributed by atoms with Gasteiger partial charge in [0.25, 0.3) is 5.91 Å². The summed E-state index contributed by atoms with van der Waals surface area (Å²) < 4.78 is 0. The highest BCUT2D eigenvalue weighted by Crippen LogP contribution is 2.22. The number of carbonyl (C=O) groups is 1. The second kappa shape index (κ2) is 7.07. The molecule has 1 fully saturated rings. The third-order valence-corrected chi connectivity index (χ3v) is 3.97. The Kier molecular flexibility index (Phi) is 4.68. The van der Waals surface area contributed by atoms with Gasteiger partial charge in [-0.25, -0.2) is 4.98 Å². The summed E-state index contributed by atoms with van der Waals surface area (Å²) in [6.07, 6.45) is 6.61. The molecule has 4 heteroatoms. The zero-order valence-electron chi connectivity index (χ0n) is 12.7. The molecule has 1 aromatic carbocycles. The summed E-state index contributed by atoms with van der Waals surface area (Å²) in [7, 11) is 0. The first-order valence-electron chi connectivity index (χ1n) is 7.91. The monoisotopic (exact) mass is 295 g/mol. The molecule has 4 nitrogen and oxygen atoms in total. The maximum absolute atomic E-state index is 12.6. The van der Waals surface area contributed by atoms with Gasteiger partial charge in [0.05, 0.1) is 5.56 Å². The Morgan fingerprint density at radius 3 is 2.41 bits per heavy atom. The normalized spacial score (nSPS) is 15.2. The summed E-state index contributed by atoms with van der Waals surface area (Å²) in [5.41, 5.74) is 1.45. The molecular weight excluding hydrogens is 274 g/mol. The van der Waals surface area contributed by atoms with Crippen LogP contribution < -0.4 is 10.2 Å². The largest absolute Gasteiger partial charge is 0.356 e. The van der Waals surface area contributed by atoms with Crippen molar-refractivity contribution in [2.45, 2.75) is 25.7 Å². The van der Waals surface area contributed by atoms with Crippen LogP contribution in [0.4, 0.5) is 11.5 Å². The molecule has 2 aromatic rings. The van der Waals surface area contributed by atoms with Gasteiger partial charge in [0, 0.05) is 25.0 Å². The third kappa shape index (κ3) is 3.45. The van der Waals surface area contributed by atoms with Crippen LogP contribution >= 0.6 is 0 Å². The summed E-state index contributed by atoms with van der Waals surface area (Å²) in [5, 5.41) is 2.95. The molecule has 1 saturated heterocycles. The predicted octanol–water partition coefficient (Wildman–Crippen LogP) is 3.71. The van der Waals surface area contributed by atoms with E-state index >= 15 is 0 Å². The van der Waals surface area contributed by atoms with E-state index in [2.05, 4.69) is 15.2 Å². The molecule has 1 aromatic heterocycles. The van der Waals surface area contributed by atoms with E-state index in [-0.39, 0.29) is 5.91 Å². The number of rotatable bonds is 3. The van der Waals surface area contributed by atoms with Crippen LogP contribution in [0.15, 0.2) is 48.7 Å². The molecule has 0 radical (unpaired) electrons. The van der Waals surface area contributed by atoms with Crippen LogP contribution in [-0.2, 0) is 0 Å². The van der Waals surface area contributed by atoms with Gasteiger partial charge in [-0.15, -0.1) is 0 Å². The topological polar surface area (TPSA) is 45.2 Å². The lowest BCUT2D eigenvalue weighted by Gasteiger charge is -2.23. The molecule has 0 atom stereocenters. The van der Waals surface area contributed by atoms with Crippen molar-refractivity contribution in [3.8, 4) is 0 Å². The number of aromatic nitrogens is 1. The minimum atomic E-state index is -0.0986. The molecular formula is C18H21N3O. The number of nitrogens with zero attached hydrogens (tertiary/aromatic N) is 2. The fraction of sp³-hybridized carbons (Fsp3) is 0.333. The average Bonchev–Trinajstić information content (AvgIpc) is 2.85. The van der Waals surface area contributed by atoms with Gasteiger partial charge >= 0.3 is 0 Å². The van der Waals surface area contributed by atoms with Crippen LogP contribution in [0.2, 0.25) is 0 Å². The second-order valence-corrected chi connectivity index (χ2v) is 5.60. The number of pyridine rings is 1. The zero-order valence-corrected chi connectivity index (χ0v) is 12.7. The highest BCUT2D eigenvalue weighted by molar-refractivity contribution is 6.07. The van der Waals surface area contributed by atoms with Crippen LogP contribution in [0.3, 0.4) is 0 Å². The Morgan fingerprint density at radius 1 is 0.955 bits per heavy atom. The minimum absolute atomic E-state index is 0.0986. The summed E-state index contributed by atoms with van der Waals surface area (Å²) in [6.45, 7) is 1.95. The summed E-state index contributed by atoms with van der Waals surface area (Å²) >= 11 is 0. The van der Waals surface area contributed by atoms with Crippen molar-refractivity contribution in [3.63, 3.8) is 0 Å². The zero-order chi connectivity index (χ0) is 15.2. The third-order valence-electron chi connectivity index (χ3n) is 3.97. The molecule has 1 amide bonds. The van der Waals surface area contributed by atoms with Crippen molar-refractivity contribution in [3.05, 3.63) is 54.2 Å². The lowest BCUT2D eigenvalue weighted by Crippen LogP contribution is -2.28. The molecule has 0 spiro atoms. The van der Waals surface area contributed by atoms with E-state index in [1.165, 1.54) is 12.8 Å².